The lowest BCUT2D eigenvalue weighted by atomic mass is 10.2. The van der Waals surface area contributed by atoms with Crippen molar-refractivity contribution in [2.24, 2.45) is 0 Å². The zero-order chi connectivity index (χ0) is 10.8. The van der Waals surface area contributed by atoms with E-state index in [1.54, 1.807) is 0 Å². The molecule has 0 aliphatic rings. The molecular formula is C12H28N2. The predicted octanol–water partition coefficient (Wildman–Crippen LogP) is 2.89. The van der Waals surface area contributed by atoms with Crippen LogP contribution in [0, 0.1) is 0 Å². The molecular weight excluding hydrogens is 172 g/mol. The molecule has 0 aromatic rings. The van der Waals surface area contributed by atoms with Gasteiger partial charge in [0.1, 0.15) is 0 Å². The van der Waals surface area contributed by atoms with Gasteiger partial charge in [-0.05, 0) is 32.7 Å². The lowest BCUT2D eigenvalue weighted by Gasteiger charge is -2.23. The van der Waals surface area contributed by atoms with E-state index < -0.39 is 0 Å². The Kier molecular flexibility index (Phi) is 9.42. The number of nitrogens with one attached hydrogen (secondary N) is 2. The maximum absolute atomic E-state index is 3.63. The van der Waals surface area contributed by atoms with Gasteiger partial charge in [-0.25, -0.2) is 0 Å². The monoisotopic (exact) mass is 200 g/mol. The molecule has 0 aromatic heterocycles. The van der Waals surface area contributed by atoms with E-state index in [-0.39, 0.29) is 0 Å². The summed E-state index contributed by atoms with van der Waals surface area (Å²) in [4.78, 5) is 0. The molecule has 0 heterocycles. The molecule has 14 heavy (non-hydrogen) atoms. The van der Waals surface area contributed by atoms with Gasteiger partial charge in [0.15, 0.2) is 0 Å². The van der Waals surface area contributed by atoms with Gasteiger partial charge in [0.05, 0.1) is 6.17 Å². The Morgan fingerprint density at radius 1 is 1.07 bits per heavy atom. The summed E-state index contributed by atoms with van der Waals surface area (Å²) in [5.74, 6) is 0. The van der Waals surface area contributed by atoms with Crippen LogP contribution in [0.25, 0.3) is 0 Å². The molecule has 2 heteroatoms. The molecule has 0 aliphatic heterocycles. The lowest BCUT2D eigenvalue weighted by molar-refractivity contribution is 0.350. The summed E-state index contributed by atoms with van der Waals surface area (Å²) in [6, 6.07) is 0.626. The summed E-state index contributed by atoms with van der Waals surface area (Å²) < 4.78 is 0. The maximum atomic E-state index is 3.63. The fourth-order valence-electron chi connectivity index (χ4n) is 1.43. The molecule has 0 spiro atoms. The van der Waals surface area contributed by atoms with E-state index in [1.165, 1.54) is 32.1 Å². The van der Waals surface area contributed by atoms with Crippen LogP contribution in [0.3, 0.4) is 0 Å². The Hall–Kier alpha value is -0.0800. The van der Waals surface area contributed by atoms with Gasteiger partial charge in [0.2, 0.25) is 0 Å². The normalized spacial score (nSPS) is 15.4. The Bertz CT molecular complexity index is 107. The first kappa shape index (κ1) is 13.9. The predicted molar refractivity (Wildman–Crippen MR) is 64.5 cm³/mol. The SMILES string of the molecule is CCCCC(NCCC)NC(C)CC. The lowest BCUT2D eigenvalue weighted by Crippen LogP contribution is -2.46. The molecule has 2 atom stereocenters. The number of unbranched alkanes of at least 4 members (excludes halogenated alkanes) is 1. The molecule has 0 saturated carbocycles. The van der Waals surface area contributed by atoms with Gasteiger partial charge in [-0.3, -0.25) is 5.32 Å². The van der Waals surface area contributed by atoms with Gasteiger partial charge >= 0.3 is 0 Å². The molecule has 0 aliphatic carbocycles. The first-order chi connectivity index (χ1) is 6.74. The second-order valence-electron chi connectivity index (χ2n) is 4.12. The van der Waals surface area contributed by atoms with Gasteiger partial charge in [-0.1, -0.05) is 33.6 Å². The van der Waals surface area contributed by atoms with Crippen molar-refractivity contribution >= 4 is 0 Å². The average molecular weight is 200 g/mol. The molecule has 0 aromatic carbocycles. The highest BCUT2D eigenvalue weighted by molar-refractivity contribution is 4.68. The van der Waals surface area contributed by atoms with Crippen LogP contribution in [0.4, 0.5) is 0 Å². The van der Waals surface area contributed by atoms with Gasteiger partial charge in [0, 0.05) is 6.04 Å². The molecule has 2 N–H and O–H groups in total. The van der Waals surface area contributed by atoms with E-state index in [4.69, 9.17) is 0 Å². The van der Waals surface area contributed by atoms with Crippen LogP contribution in [-0.2, 0) is 0 Å². The van der Waals surface area contributed by atoms with Crippen molar-refractivity contribution in [1.82, 2.24) is 10.6 Å². The van der Waals surface area contributed by atoms with Crippen LogP contribution in [0.5, 0.6) is 0 Å². The zero-order valence-corrected chi connectivity index (χ0v) is 10.4. The summed E-state index contributed by atoms with van der Waals surface area (Å²) in [5.41, 5.74) is 0. The third kappa shape index (κ3) is 7.34. The second kappa shape index (κ2) is 9.47. The van der Waals surface area contributed by atoms with Crippen molar-refractivity contribution < 1.29 is 0 Å². The largest absolute Gasteiger partial charge is 0.302 e. The fourth-order valence-corrected chi connectivity index (χ4v) is 1.43. The number of hydrogen-bond donors (Lipinski definition) is 2. The summed E-state index contributed by atoms with van der Waals surface area (Å²) in [6.07, 6.45) is 6.78. The van der Waals surface area contributed by atoms with E-state index in [1.807, 2.05) is 0 Å². The van der Waals surface area contributed by atoms with Crippen LogP contribution in [0.1, 0.15) is 59.8 Å². The molecule has 0 bridgehead atoms. The first-order valence-corrected chi connectivity index (χ1v) is 6.23. The van der Waals surface area contributed by atoms with E-state index in [0.717, 1.165) is 6.54 Å². The van der Waals surface area contributed by atoms with E-state index >= 15 is 0 Å². The molecule has 0 amide bonds. The van der Waals surface area contributed by atoms with Gasteiger partial charge in [-0.15, -0.1) is 0 Å². The molecule has 0 fully saturated rings. The summed E-state index contributed by atoms with van der Waals surface area (Å²) in [7, 11) is 0. The number of rotatable bonds is 9. The van der Waals surface area contributed by atoms with Crippen LogP contribution < -0.4 is 10.6 Å². The third-order valence-electron chi connectivity index (χ3n) is 2.59. The first-order valence-electron chi connectivity index (χ1n) is 6.23. The van der Waals surface area contributed by atoms with Crippen LogP contribution in [0.15, 0.2) is 0 Å². The van der Waals surface area contributed by atoms with E-state index in [0.29, 0.717) is 12.2 Å². The summed E-state index contributed by atoms with van der Waals surface area (Å²) >= 11 is 0. The highest BCUT2D eigenvalue weighted by Crippen LogP contribution is 2.00. The molecule has 2 nitrogen and oxygen atoms in total. The second-order valence-corrected chi connectivity index (χ2v) is 4.12. The third-order valence-corrected chi connectivity index (χ3v) is 2.59. The van der Waals surface area contributed by atoms with E-state index in [9.17, 15) is 0 Å². The molecule has 2 unspecified atom stereocenters. The minimum atomic E-state index is 0.518. The number of hydrogen-bond acceptors (Lipinski definition) is 2. The fraction of sp³-hybridized carbons (Fsp3) is 1.00. The highest BCUT2D eigenvalue weighted by Gasteiger charge is 2.08. The topological polar surface area (TPSA) is 24.1 Å². The molecule has 0 saturated heterocycles. The van der Waals surface area contributed by atoms with Crippen LogP contribution >= 0.6 is 0 Å². The molecule has 0 radical (unpaired) electrons. The summed E-state index contributed by atoms with van der Waals surface area (Å²) in [6.45, 7) is 10.1. The van der Waals surface area contributed by atoms with Crippen molar-refractivity contribution in [3.05, 3.63) is 0 Å². The highest BCUT2D eigenvalue weighted by atomic mass is 15.1. The van der Waals surface area contributed by atoms with Crippen molar-refractivity contribution in [3.8, 4) is 0 Å². The van der Waals surface area contributed by atoms with Crippen LogP contribution in [0.2, 0.25) is 0 Å². The summed E-state index contributed by atoms with van der Waals surface area (Å²) in [5, 5.41) is 7.18. The van der Waals surface area contributed by atoms with Crippen molar-refractivity contribution in [1.29, 1.82) is 0 Å². The molecule has 0 rings (SSSR count). The minimum absolute atomic E-state index is 0.518. The average Bonchev–Trinajstić information content (AvgIpc) is 2.21. The Morgan fingerprint density at radius 3 is 2.29 bits per heavy atom. The van der Waals surface area contributed by atoms with E-state index in [2.05, 4.69) is 38.3 Å². The quantitative estimate of drug-likeness (QED) is 0.559. The van der Waals surface area contributed by atoms with Crippen molar-refractivity contribution in [2.75, 3.05) is 6.54 Å². The van der Waals surface area contributed by atoms with Gasteiger partial charge in [-0.2, -0.15) is 0 Å². The van der Waals surface area contributed by atoms with Gasteiger partial charge in [0.25, 0.3) is 0 Å². The smallest absolute Gasteiger partial charge is 0.0573 e. The van der Waals surface area contributed by atoms with Crippen LogP contribution in [-0.4, -0.2) is 18.8 Å². The standard InChI is InChI=1S/C12H28N2/c1-5-8-9-12(13-10-6-2)14-11(4)7-3/h11-14H,5-10H2,1-4H3. The minimum Gasteiger partial charge on any atom is -0.302 e. The molecule has 86 valence electrons. The Labute approximate surface area is 89.9 Å². The van der Waals surface area contributed by atoms with Gasteiger partial charge < -0.3 is 5.32 Å². The van der Waals surface area contributed by atoms with Crippen molar-refractivity contribution in [3.63, 3.8) is 0 Å². The Balaban J connectivity index is 3.71. The maximum Gasteiger partial charge on any atom is 0.0573 e. The van der Waals surface area contributed by atoms with Crippen molar-refractivity contribution in [2.45, 2.75) is 72.0 Å². The zero-order valence-electron chi connectivity index (χ0n) is 10.4. The Morgan fingerprint density at radius 2 is 1.79 bits per heavy atom.